The number of carbonyl (C=O) groups excluding carboxylic acids is 1. The second kappa shape index (κ2) is 10.5. The van der Waals surface area contributed by atoms with Gasteiger partial charge in [-0.3, -0.25) is 9.59 Å². The predicted octanol–water partition coefficient (Wildman–Crippen LogP) is 3.98. The van der Waals surface area contributed by atoms with Gasteiger partial charge in [0.05, 0.1) is 25.3 Å². The number of ether oxygens (including phenoxy) is 2. The number of halogens is 3. The maximum atomic E-state index is 12.8. The van der Waals surface area contributed by atoms with Gasteiger partial charge in [0.2, 0.25) is 5.82 Å². The van der Waals surface area contributed by atoms with Crippen molar-refractivity contribution in [1.82, 2.24) is 19.6 Å². The molecule has 12 heteroatoms. The molecule has 1 saturated heterocycles. The Bertz CT molecular complexity index is 1490. The van der Waals surface area contributed by atoms with E-state index in [9.17, 15) is 22.8 Å². The van der Waals surface area contributed by atoms with E-state index in [1.54, 1.807) is 29.3 Å². The molecule has 2 aromatic heterocycles. The summed E-state index contributed by atoms with van der Waals surface area (Å²) in [5.41, 5.74) is 1.92. The number of benzene rings is 2. The Balaban J connectivity index is 1.33. The quantitative estimate of drug-likeness (QED) is 0.375. The van der Waals surface area contributed by atoms with Crippen LogP contribution in [-0.4, -0.2) is 58.2 Å². The molecule has 1 fully saturated rings. The first-order chi connectivity index (χ1) is 18.2. The third-order valence-electron chi connectivity index (χ3n) is 5.83. The smallest absolute Gasteiger partial charge is 0.406 e. The Morgan fingerprint density at radius 2 is 1.74 bits per heavy atom. The van der Waals surface area contributed by atoms with Gasteiger partial charge in [0.1, 0.15) is 5.75 Å². The molecular weight excluding hydrogens is 505 g/mol. The zero-order valence-electron chi connectivity index (χ0n) is 19.9. The van der Waals surface area contributed by atoms with Crippen LogP contribution in [0, 0.1) is 0 Å². The fourth-order valence-corrected chi connectivity index (χ4v) is 3.99. The molecule has 1 aliphatic rings. The molecule has 2 aromatic carbocycles. The molecule has 0 saturated carbocycles. The summed E-state index contributed by atoms with van der Waals surface area (Å²) in [6.45, 7) is 2.27. The molecule has 0 atom stereocenters. The predicted molar refractivity (Wildman–Crippen MR) is 128 cm³/mol. The highest BCUT2D eigenvalue weighted by Crippen LogP contribution is 2.27. The second-order valence-electron chi connectivity index (χ2n) is 8.48. The van der Waals surface area contributed by atoms with Crippen molar-refractivity contribution >= 4 is 5.91 Å². The Morgan fingerprint density at radius 1 is 1.00 bits per heavy atom. The van der Waals surface area contributed by atoms with Crippen molar-refractivity contribution in [2.24, 2.45) is 0 Å². The third kappa shape index (κ3) is 5.92. The molecule has 1 amide bonds. The molecule has 0 N–H and O–H groups in total. The van der Waals surface area contributed by atoms with E-state index in [2.05, 4.69) is 14.9 Å². The van der Waals surface area contributed by atoms with Crippen LogP contribution in [0.2, 0.25) is 0 Å². The fraction of sp³-hybridized carbons (Fsp3) is 0.231. The molecule has 0 aliphatic carbocycles. The Kier molecular flexibility index (Phi) is 6.97. The van der Waals surface area contributed by atoms with Crippen molar-refractivity contribution in [3.8, 4) is 28.6 Å². The van der Waals surface area contributed by atoms with Crippen LogP contribution in [0.3, 0.4) is 0 Å². The highest BCUT2D eigenvalue weighted by molar-refractivity contribution is 5.94. The summed E-state index contributed by atoms with van der Waals surface area (Å²) in [4.78, 5) is 31.4. The first-order valence-electron chi connectivity index (χ1n) is 11.6. The summed E-state index contributed by atoms with van der Waals surface area (Å²) in [7, 11) is 0. The molecule has 5 rings (SSSR count). The number of morpholine rings is 1. The molecule has 0 unspecified atom stereocenters. The summed E-state index contributed by atoms with van der Waals surface area (Å²) < 4.78 is 53.1. The van der Waals surface area contributed by atoms with Crippen LogP contribution in [0.25, 0.3) is 22.8 Å². The number of amides is 1. The monoisotopic (exact) mass is 526 g/mol. The fourth-order valence-electron chi connectivity index (χ4n) is 3.99. The van der Waals surface area contributed by atoms with Crippen LogP contribution in [0.15, 0.2) is 76.2 Å². The molecule has 0 radical (unpaired) electrons. The SMILES string of the molecule is O=C(c1cccc(Cn2cc(-c3nc(-c4ccc(OC(F)(F)F)cc4)no3)ccc2=O)c1)N1CCOCC1. The molecule has 1 aliphatic heterocycles. The summed E-state index contributed by atoms with van der Waals surface area (Å²) in [6, 6.07) is 15.0. The van der Waals surface area contributed by atoms with E-state index >= 15 is 0 Å². The van der Waals surface area contributed by atoms with Gasteiger partial charge in [0.15, 0.2) is 0 Å². The number of nitrogens with zero attached hydrogens (tertiary/aromatic N) is 4. The molecule has 38 heavy (non-hydrogen) atoms. The van der Waals surface area contributed by atoms with Crippen molar-refractivity contribution in [3.63, 3.8) is 0 Å². The summed E-state index contributed by atoms with van der Waals surface area (Å²) in [5.74, 6) is -0.174. The van der Waals surface area contributed by atoms with E-state index < -0.39 is 6.36 Å². The van der Waals surface area contributed by atoms with Crippen molar-refractivity contribution in [1.29, 1.82) is 0 Å². The lowest BCUT2D eigenvalue weighted by atomic mass is 10.1. The van der Waals surface area contributed by atoms with E-state index in [-0.39, 0.29) is 35.5 Å². The van der Waals surface area contributed by atoms with Gasteiger partial charge in [-0.15, -0.1) is 13.2 Å². The minimum Gasteiger partial charge on any atom is -0.406 e. The molecular formula is C26H21F3N4O5. The maximum Gasteiger partial charge on any atom is 0.573 e. The van der Waals surface area contributed by atoms with E-state index in [0.717, 1.165) is 17.7 Å². The van der Waals surface area contributed by atoms with Gasteiger partial charge < -0.3 is 23.5 Å². The van der Waals surface area contributed by atoms with Gasteiger partial charge in [0.25, 0.3) is 17.4 Å². The number of pyridine rings is 1. The molecule has 3 heterocycles. The van der Waals surface area contributed by atoms with Crippen molar-refractivity contribution < 1.29 is 32.0 Å². The van der Waals surface area contributed by atoms with Crippen LogP contribution in [0.1, 0.15) is 15.9 Å². The van der Waals surface area contributed by atoms with Gasteiger partial charge in [-0.05, 0) is 48.0 Å². The third-order valence-corrected chi connectivity index (χ3v) is 5.83. The molecule has 9 nitrogen and oxygen atoms in total. The number of hydrogen-bond acceptors (Lipinski definition) is 7. The lowest BCUT2D eigenvalue weighted by Gasteiger charge is -2.27. The van der Waals surface area contributed by atoms with Gasteiger partial charge >= 0.3 is 6.36 Å². The van der Waals surface area contributed by atoms with E-state index in [1.165, 1.54) is 28.8 Å². The topological polar surface area (TPSA) is 99.7 Å². The van der Waals surface area contributed by atoms with Crippen molar-refractivity contribution in [2.75, 3.05) is 26.3 Å². The average Bonchev–Trinajstić information content (AvgIpc) is 3.40. The highest BCUT2D eigenvalue weighted by Gasteiger charge is 2.31. The summed E-state index contributed by atoms with van der Waals surface area (Å²) in [5, 5.41) is 3.89. The van der Waals surface area contributed by atoms with Crippen LogP contribution >= 0.6 is 0 Å². The zero-order valence-corrected chi connectivity index (χ0v) is 19.9. The highest BCUT2D eigenvalue weighted by atomic mass is 19.4. The molecule has 0 spiro atoms. The summed E-state index contributed by atoms with van der Waals surface area (Å²) in [6.07, 6.45) is -3.22. The van der Waals surface area contributed by atoms with E-state index in [0.29, 0.717) is 43.0 Å². The van der Waals surface area contributed by atoms with Gasteiger partial charge in [-0.2, -0.15) is 4.98 Å². The van der Waals surface area contributed by atoms with Crippen molar-refractivity contribution in [3.05, 3.63) is 88.3 Å². The first-order valence-corrected chi connectivity index (χ1v) is 11.6. The van der Waals surface area contributed by atoms with Gasteiger partial charge in [0, 0.05) is 36.5 Å². The van der Waals surface area contributed by atoms with Gasteiger partial charge in [-0.1, -0.05) is 17.3 Å². The second-order valence-corrected chi connectivity index (χ2v) is 8.48. The van der Waals surface area contributed by atoms with Crippen LogP contribution in [-0.2, 0) is 11.3 Å². The number of aromatic nitrogens is 3. The van der Waals surface area contributed by atoms with E-state index in [4.69, 9.17) is 9.26 Å². The van der Waals surface area contributed by atoms with E-state index in [1.807, 2.05) is 6.07 Å². The molecule has 196 valence electrons. The standard InChI is InChI=1S/C26H21F3N4O5/c27-26(28,29)37-21-7-4-18(5-8-21)23-30-24(38-31-23)20-6-9-22(34)33(16-20)15-17-2-1-3-19(14-17)25(35)32-10-12-36-13-11-32/h1-9,14,16H,10-13,15H2. The zero-order chi connectivity index (χ0) is 26.7. The first kappa shape index (κ1) is 25.2. The van der Waals surface area contributed by atoms with Gasteiger partial charge in [-0.25, -0.2) is 0 Å². The average molecular weight is 526 g/mol. The lowest BCUT2D eigenvalue weighted by Crippen LogP contribution is -2.40. The van der Waals surface area contributed by atoms with Crippen LogP contribution in [0.4, 0.5) is 13.2 Å². The maximum absolute atomic E-state index is 12.8. The Labute approximate surface area is 214 Å². The Morgan fingerprint density at radius 3 is 2.47 bits per heavy atom. The minimum absolute atomic E-state index is 0.0901. The normalized spacial score (nSPS) is 13.9. The van der Waals surface area contributed by atoms with Crippen molar-refractivity contribution in [2.45, 2.75) is 12.9 Å². The Hall–Kier alpha value is -4.45. The number of hydrogen-bond donors (Lipinski definition) is 0. The molecule has 0 bridgehead atoms. The number of alkyl halides is 3. The largest absolute Gasteiger partial charge is 0.573 e. The number of carbonyl (C=O) groups is 1. The minimum atomic E-state index is -4.79. The van der Waals surface area contributed by atoms with Crippen LogP contribution in [0.5, 0.6) is 5.75 Å². The number of rotatable bonds is 6. The molecule has 4 aromatic rings. The lowest BCUT2D eigenvalue weighted by molar-refractivity contribution is -0.274. The van der Waals surface area contributed by atoms with Crippen LogP contribution < -0.4 is 10.3 Å². The summed E-state index contributed by atoms with van der Waals surface area (Å²) >= 11 is 0.